The van der Waals surface area contributed by atoms with Crippen LogP contribution in [0.25, 0.3) is 0 Å². The van der Waals surface area contributed by atoms with Crippen molar-refractivity contribution in [3.63, 3.8) is 0 Å². The number of hydrogen-bond acceptors (Lipinski definition) is 5. The van der Waals surface area contributed by atoms with Crippen molar-refractivity contribution in [2.45, 2.75) is 45.3 Å². The first kappa shape index (κ1) is 18.7. The Morgan fingerprint density at radius 1 is 1.36 bits per heavy atom. The number of rotatable bonds is 7. The van der Waals surface area contributed by atoms with Gasteiger partial charge in [-0.15, -0.1) is 0 Å². The van der Waals surface area contributed by atoms with Gasteiger partial charge in [0.25, 0.3) is 0 Å². The number of alkyl carbamates (subject to hydrolysis) is 1. The van der Waals surface area contributed by atoms with E-state index in [9.17, 15) is 9.59 Å². The van der Waals surface area contributed by atoms with Crippen molar-refractivity contribution in [2.24, 2.45) is 0 Å². The molecule has 1 rings (SSSR count). The second-order valence-electron chi connectivity index (χ2n) is 5.86. The van der Waals surface area contributed by atoms with E-state index in [1.807, 2.05) is 0 Å². The highest BCUT2D eigenvalue weighted by molar-refractivity contribution is 9.10. The van der Waals surface area contributed by atoms with E-state index in [4.69, 9.17) is 13.9 Å². The van der Waals surface area contributed by atoms with Crippen molar-refractivity contribution in [1.82, 2.24) is 5.32 Å². The van der Waals surface area contributed by atoms with Gasteiger partial charge in [-0.25, -0.2) is 4.79 Å². The molecule has 7 heteroatoms. The molecule has 1 N–H and O–H groups in total. The van der Waals surface area contributed by atoms with Gasteiger partial charge < -0.3 is 19.2 Å². The van der Waals surface area contributed by atoms with E-state index in [1.165, 1.54) is 0 Å². The highest BCUT2D eigenvalue weighted by Crippen LogP contribution is 2.17. The average molecular weight is 376 g/mol. The molecule has 0 fully saturated rings. The lowest BCUT2D eigenvalue weighted by atomic mass is 10.1. The summed E-state index contributed by atoms with van der Waals surface area (Å²) in [6.45, 7) is 5.77. The summed E-state index contributed by atoms with van der Waals surface area (Å²) in [5.74, 6) is 0.0585. The lowest BCUT2D eigenvalue weighted by Crippen LogP contribution is -2.40. The molecular formula is C15H22BrNO5. The highest BCUT2D eigenvalue weighted by atomic mass is 79.9. The van der Waals surface area contributed by atoms with Crippen LogP contribution < -0.4 is 5.32 Å². The van der Waals surface area contributed by atoms with Crippen LogP contribution in [-0.4, -0.2) is 37.2 Å². The predicted octanol–water partition coefficient (Wildman–Crippen LogP) is 3.54. The number of Topliss-reactive ketones (excluding diaryl/α,β-unsaturated/α-hetero) is 1. The minimum Gasteiger partial charge on any atom is -0.446 e. The Hall–Kier alpha value is -1.34. The van der Waals surface area contributed by atoms with Gasteiger partial charge in [-0.2, -0.15) is 0 Å². The smallest absolute Gasteiger partial charge is 0.407 e. The van der Waals surface area contributed by atoms with E-state index in [0.717, 1.165) is 0 Å². The molecule has 1 aromatic rings. The van der Waals surface area contributed by atoms with E-state index in [0.29, 0.717) is 17.7 Å². The van der Waals surface area contributed by atoms with Crippen LogP contribution >= 0.6 is 15.9 Å². The Balaban J connectivity index is 2.63. The number of halogens is 1. The topological polar surface area (TPSA) is 77.8 Å². The van der Waals surface area contributed by atoms with Crippen molar-refractivity contribution in [2.75, 3.05) is 13.7 Å². The SMILES string of the molecule is COCCC(CC(=O)c1ccc(Br)o1)NC(=O)OC(C)(C)C. The third-order valence-electron chi connectivity index (χ3n) is 2.67. The van der Waals surface area contributed by atoms with Gasteiger partial charge in [-0.05, 0) is 55.3 Å². The first-order valence-corrected chi connectivity index (χ1v) is 7.77. The van der Waals surface area contributed by atoms with Gasteiger partial charge in [-0.3, -0.25) is 4.79 Å². The van der Waals surface area contributed by atoms with E-state index in [1.54, 1.807) is 40.0 Å². The lowest BCUT2D eigenvalue weighted by molar-refractivity contribution is 0.0489. The molecule has 0 saturated heterocycles. The monoisotopic (exact) mass is 375 g/mol. The van der Waals surface area contributed by atoms with Crippen LogP contribution in [0.5, 0.6) is 0 Å². The van der Waals surface area contributed by atoms with Gasteiger partial charge in [0.15, 0.2) is 16.2 Å². The first-order chi connectivity index (χ1) is 10.2. The zero-order valence-electron chi connectivity index (χ0n) is 13.3. The predicted molar refractivity (Wildman–Crippen MR) is 85.0 cm³/mol. The number of furan rings is 1. The van der Waals surface area contributed by atoms with Crippen LogP contribution in [0.3, 0.4) is 0 Å². The fourth-order valence-corrected chi connectivity index (χ4v) is 2.05. The normalized spacial score (nSPS) is 12.8. The first-order valence-electron chi connectivity index (χ1n) is 6.98. The zero-order chi connectivity index (χ0) is 16.8. The molecule has 0 aliphatic carbocycles. The van der Waals surface area contributed by atoms with Crippen molar-refractivity contribution in [3.8, 4) is 0 Å². The quantitative estimate of drug-likeness (QED) is 0.737. The molecule has 0 aliphatic heterocycles. The zero-order valence-corrected chi connectivity index (χ0v) is 14.9. The summed E-state index contributed by atoms with van der Waals surface area (Å²) >= 11 is 3.15. The molecule has 1 atom stereocenters. The number of ketones is 1. The molecule has 0 bridgehead atoms. The minimum absolute atomic E-state index is 0.114. The number of ether oxygens (including phenoxy) is 2. The molecule has 124 valence electrons. The van der Waals surface area contributed by atoms with Gasteiger partial charge in [0.2, 0.25) is 0 Å². The van der Waals surface area contributed by atoms with Gasteiger partial charge >= 0.3 is 6.09 Å². The third kappa shape index (κ3) is 7.09. The van der Waals surface area contributed by atoms with Gasteiger partial charge in [0, 0.05) is 26.2 Å². The van der Waals surface area contributed by atoms with E-state index in [2.05, 4.69) is 21.2 Å². The molecule has 0 spiro atoms. The summed E-state index contributed by atoms with van der Waals surface area (Å²) in [5.41, 5.74) is -0.591. The summed E-state index contributed by atoms with van der Waals surface area (Å²) < 4.78 is 15.9. The maximum absolute atomic E-state index is 12.2. The maximum Gasteiger partial charge on any atom is 0.407 e. The van der Waals surface area contributed by atoms with Crippen molar-refractivity contribution < 1.29 is 23.5 Å². The molecular weight excluding hydrogens is 354 g/mol. The number of amides is 1. The van der Waals surface area contributed by atoms with Crippen LogP contribution in [0.15, 0.2) is 21.2 Å². The van der Waals surface area contributed by atoms with Crippen molar-refractivity contribution >= 4 is 27.8 Å². The van der Waals surface area contributed by atoms with E-state index in [-0.39, 0.29) is 24.0 Å². The van der Waals surface area contributed by atoms with Crippen LogP contribution in [0.1, 0.15) is 44.2 Å². The van der Waals surface area contributed by atoms with E-state index >= 15 is 0 Å². The van der Waals surface area contributed by atoms with Gasteiger partial charge in [0.1, 0.15) is 5.60 Å². The molecule has 0 aromatic carbocycles. The Morgan fingerprint density at radius 3 is 2.55 bits per heavy atom. The maximum atomic E-state index is 12.2. The fraction of sp³-hybridized carbons (Fsp3) is 0.600. The number of hydrogen-bond donors (Lipinski definition) is 1. The fourth-order valence-electron chi connectivity index (χ4n) is 1.75. The van der Waals surface area contributed by atoms with E-state index < -0.39 is 11.7 Å². The number of carbonyl (C=O) groups excluding carboxylic acids is 2. The number of nitrogens with one attached hydrogen (secondary N) is 1. The minimum atomic E-state index is -0.591. The number of carbonyl (C=O) groups is 2. The van der Waals surface area contributed by atoms with Crippen LogP contribution in [0, 0.1) is 0 Å². The number of methoxy groups -OCH3 is 1. The Kier molecular flexibility index (Phi) is 7.09. The summed E-state index contributed by atoms with van der Waals surface area (Å²) in [5, 5.41) is 2.70. The second-order valence-corrected chi connectivity index (χ2v) is 6.64. The average Bonchev–Trinajstić information content (AvgIpc) is 2.80. The molecule has 1 amide bonds. The Labute approximate surface area is 138 Å². The van der Waals surface area contributed by atoms with Gasteiger partial charge in [-0.1, -0.05) is 0 Å². The molecule has 0 saturated carbocycles. The standard InChI is InChI=1S/C15H22BrNO5/c1-15(2,3)22-14(19)17-10(7-8-20-4)9-11(18)12-5-6-13(16)21-12/h5-6,10H,7-9H2,1-4H3,(H,17,19). The molecule has 22 heavy (non-hydrogen) atoms. The van der Waals surface area contributed by atoms with Crippen molar-refractivity contribution in [1.29, 1.82) is 0 Å². The Morgan fingerprint density at radius 2 is 2.05 bits per heavy atom. The van der Waals surface area contributed by atoms with Gasteiger partial charge in [0.05, 0.1) is 0 Å². The summed E-state index contributed by atoms with van der Waals surface area (Å²) in [6, 6.07) is 2.86. The molecule has 1 unspecified atom stereocenters. The highest BCUT2D eigenvalue weighted by Gasteiger charge is 2.22. The van der Waals surface area contributed by atoms with Crippen molar-refractivity contribution in [3.05, 3.63) is 22.6 Å². The molecule has 6 nitrogen and oxygen atoms in total. The third-order valence-corrected chi connectivity index (χ3v) is 3.10. The lowest BCUT2D eigenvalue weighted by Gasteiger charge is -2.23. The summed E-state index contributed by atoms with van der Waals surface area (Å²) in [7, 11) is 1.57. The molecule has 0 aliphatic rings. The molecule has 0 radical (unpaired) electrons. The van der Waals surface area contributed by atoms with Crippen LogP contribution in [0.2, 0.25) is 0 Å². The summed E-state index contributed by atoms with van der Waals surface area (Å²) in [4.78, 5) is 24.0. The Bertz CT molecular complexity index is 506. The largest absolute Gasteiger partial charge is 0.446 e. The van der Waals surface area contributed by atoms with Crippen LogP contribution in [-0.2, 0) is 9.47 Å². The molecule has 1 heterocycles. The summed E-state index contributed by atoms with van der Waals surface area (Å²) in [6.07, 6.45) is 0.0633. The second kappa shape index (κ2) is 8.33. The van der Waals surface area contributed by atoms with Crippen LogP contribution in [0.4, 0.5) is 4.79 Å². The molecule has 1 aromatic heterocycles.